The Morgan fingerprint density at radius 2 is 1.50 bits per heavy atom. The molecule has 3 rings (SSSR count). The van der Waals surface area contributed by atoms with Gasteiger partial charge < -0.3 is 9.47 Å². The number of hydrogen-bond acceptors (Lipinski definition) is 2. The second kappa shape index (κ2) is 12.8. The van der Waals surface area contributed by atoms with E-state index in [4.69, 9.17) is 9.47 Å². The van der Waals surface area contributed by atoms with Gasteiger partial charge in [-0.05, 0) is 87.0 Å². The molecule has 0 bridgehead atoms. The third-order valence-corrected chi connectivity index (χ3v) is 6.46. The summed E-state index contributed by atoms with van der Waals surface area (Å²) in [5.41, 5.74) is 0.754. The lowest BCUT2D eigenvalue weighted by Crippen LogP contribution is -2.14. The molecule has 186 valence electrons. The number of allylic oxidation sites excluding steroid dienone is 2. The number of benzene rings is 2. The molecular formula is C28H34F4O2. The van der Waals surface area contributed by atoms with Crippen LogP contribution in [0.4, 0.5) is 17.6 Å². The molecule has 0 spiro atoms. The second-order valence-electron chi connectivity index (χ2n) is 8.85. The summed E-state index contributed by atoms with van der Waals surface area (Å²) in [6.45, 7) is 4.39. The highest BCUT2D eigenvalue weighted by molar-refractivity contribution is 5.34. The second-order valence-corrected chi connectivity index (χ2v) is 8.85. The molecule has 0 saturated heterocycles. The first-order chi connectivity index (χ1) is 16.5. The van der Waals surface area contributed by atoms with E-state index in [1.165, 1.54) is 12.1 Å². The Hall–Kier alpha value is -2.50. The van der Waals surface area contributed by atoms with Crippen LogP contribution in [-0.4, -0.2) is 13.2 Å². The van der Waals surface area contributed by atoms with Crippen LogP contribution in [0.15, 0.2) is 36.4 Å². The van der Waals surface area contributed by atoms with Gasteiger partial charge in [0.2, 0.25) is 11.6 Å². The number of hydrogen-bond donors (Lipinski definition) is 0. The van der Waals surface area contributed by atoms with Gasteiger partial charge in [0.15, 0.2) is 23.1 Å². The monoisotopic (exact) mass is 478 g/mol. The molecule has 0 heterocycles. The van der Waals surface area contributed by atoms with Crippen molar-refractivity contribution in [3.05, 3.63) is 70.8 Å². The van der Waals surface area contributed by atoms with Gasteiger partial charge in [-0.25, -0.2) is 8.78 Å². The topological polar surface area (TPSA) is 18.5 Å². The van der Waals surface area contributed by atoms with Crippen molar-refractivity contribution in [2.75, 3.05) is 13.2 Å². The van der Waals surface area contributed by atoms with E-state index >= 15 is 0 Å². The first-order valence-corrected chi connectivity index (χ1v) is 12.3. The fourth-order valence-electron chi connectivity index (χ4n) is 4.48. The SMILES string of the molecule is CCCCOc1ccc(C2CCC(/C=C/CCc3ccc(OCC)c(F)c3F)CC2)c(F)c1F. The van der Waals surface area contributed by atoms with Crippen molar-refractivity contribution in [3.63, 3.8) is 0 Å². The lowest BCUT2D eigenvalue weighted by Gasteiger charge is -2.27. The molecule has 0 radical (unpaired) electrons. The predicted molar refractivity (Wildman–Crippen MR) is 126 cm³/mol. The Balaban J connectivity index is 1.49. The number of aryl methyl sites for hydroxylation is 1. The van der Waals surface area contributed by atoms with Gasteiger partial charge in [0.25, 0.3) is 0 Å². The molecule has 2 nitrogen and oxygen atoms in total. The van der Waals surface area contributed by atoms with Crippen LogP contribution in [0.1, 0.15) is 75.8 Å². The summed E-state index contributed by atoms with van der Waals surface area (Å²) in [4.78, 5) is 0. The lowest BCUT2D eigenvalue weighted by molar-refractivity contribution is 0.286. The molecule has 0 atom stereocenters. The zero-order valence-electron chi connectivity index (χ0n) is 20.0. The summed E-state index contributed by atoms with van der Waals surface area (Å²) in [5.74, 6) is -3.22. The normalized spacial score (nSPS) is 18.4. The molecule has 0 N–H and O–H groups in total. The van der Waals surface area contributed by atoms with Crippen molar-refractivity contribution < 1.29 is 27.0 Å². The van der Waals surface area contributed by atoms with Crippen molar-refractivity contribution in [1.29, 1.82) is 0 Å². The van der Waals surface area contributed by atoms with Crippen LogP contribution in [0, 0.1) is 29.2 Å². The van der Waals surface area contributed by atoms with Crippen LogP contribution >= 0.6 is 0 Å². The summed E-state index contributed by atoms with van der Waals surface area (Å²) in [7, 11) is 0. The average Bonchev–Trinajstić information content (AvgIpc) is 2.84. The van der Waals surface area contributed by atoms with E-state index in [1.54, 1.807) is 19.1 Å². The van der Waals surface area contributed by atoms with Crippen LogP contribution in [0.2, 0.25) is 0 Å². The van der Waals surface area contributed by atoms with Crippen molar-refractivity contribution in [1.82, 2.24) is 0 Å². The molecule has 1 aliphatic rings. The van der Waals surface area contributed by atoms with E-state index in [0.717, 1.165) is 38.5 Å². The first kappa shape index (κ1) is 26.1. The van der Waals surface area contributed by atoms with E-state index in [1.807, 2.05) is 13.0 Å². The van der Waals surface area contributed by atoms with Crippen LogP contribution in [0.25, 0.3) is 0 Å². The van der Waals surface area contributed by atoms with Gasteiger partial charge in [0.1, 0.15) is 0 Å². The average molecular weight is 479 g/mol. The third kappa shape index (κ3) is 6.55. The van der Waals surface area contributed by atoms with E-state index in [0.29, 0.717) is 36.5 Å². The maximum Gasteiger partial charge on any atom is 0.200 e. The minimum Gasteiger partial charge on any atom is -0.491 e. The third-order valence-electron chi connectivity index (χ3n) is 6.46. The highest BCUT2D eigenvalue weighted by Crippen LogP contribution is 2.39. The molecular weight excluding hydrogens is 444 g/mol. The number of unbranched alkanes of at least 4 members (excludes halogenated alkanes) is 1. The molecule has 34 heavy (non-hydrogen) atoms. The maximum atomic E-state index is 14.7. The Kier molecular flexibility index (Phi) is 9.85. The van der Waals surface area contributed by atoms with E-state index in [-0.39, 0.29) is 24.0 Å². The van der Waals surface area contributed by atoms with Crippen molar-refractivity contribution >= 4 is 0 Å². The quantitative estimate of drug-likeness (QED) is 0.184. The van der Waals surface area contributed by atoms with Crippen molar-refractivity contribution in [3.8, 4) is 11.5 Å². The van der Waals surface area contributed by atoms with Gasteiger partial charge in [-0.1, -0.05) is 37.6 Å². The Morgan fingerprint density at radius 1 is 0.824 bits per heavy atom. The maximum absolute atomic E-state index is 14.7. The Morgan fingerprint density at radius 3 is 2.21 bits per heavy atom. The van der Waals surface area contributed by atoms with Crippen LogP contribution in [0.3, 0.4) is 0 Å². The highest BCUT2D eigenvalue weighted by Gasteiger charge is 2.26. The molecule has 2 aromatic carbocycles. The molecule has 1 fully saturated rings. The van der Waals surface area contributed by atoms with E-state index < -0.39 is 23.3 Å². The molecule has 0 amide bonds. The minimum atomic E-state index is -0.939. The lowest BCUT2D eigenvalue weighted by atomic mass is 9.78. The number of halogens is 4. The smallest absolute Gasteiger partial charge is 0.200 e. The molecule has 0 unspecified atom stereocenters. The van der Waals surface area contributed by atoms with Gasteiger partial charge in [0, 0.05) is 0 Å². The largest absolute Gasteiger partial charge is 0.491 e. The van der Waals surface area contributed by atoms with Crippen LogP contribution < -0.4 is 9.47 Å². The minimum absolute atomic E-state index is 0.00947. The van der Waals surface area contributed by atoms with Gasteiger partial charge in [0.05, 0.1) is 13.2 Å². The Labute approximate surface area is 200 Å². The van der Waals surface area contributed by atoms with Gasteiger partial charge in [-0.15, -0.1) is 0 Å². The summed E-state index contributed by atoms with van der Waals surface area (Å²) in [6, 6.07) is 6.23. The zero-order valence-corrected chi connectivity index (χ0v) is 20.0. The summed E-state index contributed by atoms with van der Waals surface area (Å²) in [5, 5.41) is 0. The van der Waals surface area contributed by atoms with E-state index in [2.05, 4.69) is 6.08 Å². The summed E-state index contributed by atoms with van der Waals surface area (Å²) >= 11 is 0. The van der Waals surface area contributed by atoms with Gasteiger partial charge in [-0.3, -0.25) is 0 Å². The Bertz CT molecular complexity index is 965. The summed E-state index contributed by atoms with van der Waals surface area (Å²) in [6.07, 6.45) is 10.2. The molecule has 1 saturated carbocycles. The first-order valence-electron chi connectivity index (χ1n) is 12.3. The fraction of sp³-hybridized carbons (Fsp3) is 0.500. The molecule has 6 heteroatoms. The van der Waals surface area contributed by atoms with Gasteiger partial charge >= 0.3 is 0 Å². The number of rotatable bonds is 11. The van der Waals surface area contributed by atoms with Crippen LogP contribution in [-0.2, 0) is 6.42 Å². The van der Waals surface area contributed by atoms with Crippen molar-refractivity contribution in [2.45, 2.75) is 71.1 Å². The van der Waals surface area contributed by atoms with Crippen molar-refractivity contribution in [2.24, 2.45) is 5.92 Å². The molecule has 2 aromatic rings. The fourth-order valence-corrected chi connectivity index (χ4v) is 4.48. The molecule has 0 aliphatic heterocycles. The van der Waals surface area contributed by atoms with Gasteiger partial charge in [-0.2, -0.15) is 8.78 Å². The highest BCUT2D eigenvalue weighted by atomic mass is 19.2. The standard InChI is InChI=1S/C28H34F4O2/c1-3-5-18-34-24-17-15-22(26(30)28(24)32)20-12-10-19(11-13-20)8-6-7-9-21-14-16-23(33-4-2)27(31)25(21)29/h6,8,14-17,19-20H,3-5,7,9-13,18H2,1-2H3/b8-6+. The molecule has 1 aliphatic carbocycles. The molecule has 0 aromatic heterocycles. The zero-order chi connectivity index (χ0) is 24.5. The van der Waals surface area contributed by atoms with Crippen LogP contribution in [0.5, 0.6) is 11.5 Å². The number of ether oxygens (including phenoxy) is 2. The van der Waals surface area contributed by atoms with E-state index in [9.17, 15) is 17.6 Å². The summed E-state index contributed by atoms with van der Waals surface area (Å²) < 4.78 is 67.7. The predicted octanol–water partition coefficient (Wildman–Crippen LogP) is 8.28.